The van der Waals surface area contributed by atoms with Gasteiger partial charge >= 0.3 is 0 Å². The monoisotopic (exact) mass is 351 g/mol. The van der Waals surface area contributed by atoms with Crippen molar-refractivity contribution in [1.82, 2.24) is 13.5 Å². The molecule has 0 aliphatic carbocycles. The third kappa shape index (κ3) is 3.82. The molecule has 0 spiro atoms. The largest absolute Gasteiger partial charge is 0.299 e. The Morgan fingerprint density at radius 2 is 1.88 bits per heavy atom. The SMILES string of the molecule is CCCN1C[C@H]2CC[C@@H]1CN(S(=O)(=O)N(C)Cc1ccccc1)C2. The van der Waals surface area contributed by atoms with Crippen molar-refractivity contribution >= 4 is 10.2 Å². The summed E-state index contributed by atoms with van der Waals surface area (Å²) in [6.07, 6.45) is 3.41. The first-order chi connectivity index (χ1) is 11.5. The summed E-state index contributed by atoms with van der Waals surface area (Å²) in [6.45, 7) is 6.05. The lowest BCUT2D eigenvalue weighted by atomic mass is 9.95. The van der Waals surface area contributed by atoms with E-state index in [4.69, 9.17) is 0 Å². The van der Waals surface area contributed by atoms with Crippen LogP contribution in [0.2, 0.25) is 0 Å². The Labute approximate surface area is 146 Å². The highest BCUT2D eigenvalue weighted by atomic mass is 32.2. The van der Waals surface area contributed by atoms with Gasteiger partial charge in [-0.15, -0.1) is 0 Å². The molecule has 3 heterocycles. The molecule has 0 unspecified atom stereocenters. The minimum Gasteiger partial charge on any atom is -0.299 e. The molecule has 6 heteroatoms. The molecule has 1 aromatic rings. The molecule has 24 heavy (non-hydrogen) atoms. The zero-order valence-corrected chi connectivity index (χ0v) is 15.6. The van der Waals surface area contributed by atoms with Crippen LogP contribution < -0.4 is 0 Å². The standard InChI is InChI=1S/C18H29N3O2S/c1-3-11-20-13-17-9-10-18(20)15-21(14-17)24(22,23)19(2)12-16-7-5-4-6-8-16/h4-8,17-18H,3,9-15H2,1-2H3/t17-,18-/m1/s1. The molecule has 0 radical (unpaired) electrons. The van der Waals surface area contributed by atoms with Gasteiger partial charge in [-0.05, 0) is 37.3 Å². The Bertz CT molecular complexity index is 635. The van der Waals surface area contributed by atoms with Crippen molar-refractivity contribution in [2.75, 3.05) is 33.2 Å². The minimum atomic E-state index is -3.41. The molecule has 4 rings (SSSR count). The van der Waals surface area contributed by atoms with E-state index in [1.54, 1.807) is 11.4 Å². The molecule has 0 amide bonds. The summed E-state index contributed by atoms with van der Waals surface area (Å²) in [5.41, 5.74) is 1.02. The molecule has 3 fully saturated rings. The average molecular weight is 352 g/mol. The zero-order valence-electron chi connectivity index (χ0n) is 14.8. The van der Waals surface area contributed by atoms with Crippen LogP contribution in [0.4, 0.5) is 0 Å². The van der Waals surface area contributed by atoms with Crippen LogP contribution in [-0.4, -0.2) is 61.2 Å². The lowest BCUT2D eigenvalue weighted by Gasteiger charge is -2.35. The van der Waals surface area contributed by atoms with E-state index in [0.717, 1.165) is 37.9 Å². The van der Waals surface area contributed by atoms with Gasteiger partial charge in [-0.3, -0.25) is 4.90 Å². The third-order valence-electron chi connectivity index (χ3n) is 5.27. The van der Waals surface area contributed by atoms with Crippen LogP contribution >= 0.6 is 0 Å². The Balaban J connectivity index is 1.72. The molecular formula is C18H29N3O2S. The van der Waals surface area contributed by atoms with E-state index >= 15 is 0 Å². The van der Waals surface area contributed by atoms with Crippen molar-refractivity contribution in [3.63, 3.8) is 0 Å². The first kappa shape index (κ1) is 17.9. The van der Waals surface area contributed by atoms with Crippen LogP contribution in [0, 0.1) is 5.92 Å². The van der Waals surface area contributed by atoms with Crippen molar-refractivity contribution in [2.45, 2.75) is 38.8 Å². The first-order valence-electron chi connectivity index (χ1n) is 9.00. The van der Waals surface area contributed by atoms with Gasteiger partial charge in [0.15, 0.2) is 0 Å². The molecule has 134 valence electrons. The highest BCUT2D eigenvalue weighted by Gasteiger charge is 2.39. The van der Waals surface area contributed by atoms with E-state index < -0.39 is 10.2 Å². The fourth-order valence-corrected chi connectivity index (χ4v) is 5.47. The summed E-state index contributed by atoms with van der Waals surface area (Å²) in [4.78, 5) is 2.50. The van der Waals surface area contributed by atoms with Crippen LogP contribution in [0.5, 0.6) is 0 Å². The Morgan fingerprint density at radius 1 is 1.12 bits per heavy atom. The molecular weight excluding hydrogens is 322 g/mol. The summed E-state index contributed by atoms with van der Waals surface area (Å²) >= 11 is 0. The second kappa shape index (κ2) is 7.52. The minimum absolute atomic E-state index is 0.378. The van der Waals surface area contributed by atoms with E-state index in [9.17, 15) is 8.42 Å². The fraction of sp³-hybridized carbons (Fsp3) is 0.667. The topological polar surface area (TPSA) is 43.9 Å². The summed E-state index contributed by atoms with van der Waals surface area (Å²) in [5.74, 6) is 0.468. The zero-order chi connectivity index (χ0) is 17.2. The van der Waals surface area contributed by atoms with E-state index in [2.05, 4.69) is 11.8 Å². The fourth-order valence-electron chi connectivity index (χ4n) is 4.00. The highest BCUT2D eigenvalue weighted by Crippen LogP contribution is 2.30. The second-order valence-corrected chi connectivity index (χ2v) is 9.19. The number of fused-ring (bicyclic) bond motifs is 4. The molecule has 5 nitrogen and oxygen atoms in total. The normalized spacial score (nSPS) is 26.0. The van der Waals surface area contributed by atoms with Gasteiger partial charge in [0.25, 0.3) is 10.2 Å². The number of piperidine rings is 1. The van der Waals surface area contributed by atoms with Gasteiger partial charge in [0.1, 0.15) is 0 Å². The third-order valence-corrected chi connectivity index (χ3v) is 7.14. The van der Waals surface area contributed by atoms with Crippen molar-refractivity contribution in [3.05, 3.63) is 35.9 Å². The maximum absolute atomic E-state index is 13.1. The molecule has 0 saturated carbocycles. The van der Waals surface area contributed by atoms with Crippen LogP contribution in [0.1, 0.15) is 31.7 Å². The van der Waals surface area contributed by atoms with Gasteiger partial charge in [-0.2, -0.15) is 17.0 Å². The lowest BCUT2D eigenvalue weighted by Crippen LogP contribution is -2.46. The van der Waals surface area contributed by atoms with Crippen molar-refractivity contribution in [3.8, 4) is 0 Å². The van der Waals surface area contributed by atoms with Crippen LogP contribution in [0.25, 0.3) is 0 Å². The van der Waals surface area contributed by atoms with Gasteiger partial charge < -0.3 is 0 Å². The molecule has 2 atom stereocenters. The Kier molecular flexibility index (Phi) is 5.59. The van der Waals surface area contributed by atoms with E-state index in [0.29, 0.717) is 31.6 Å². The van der Waals surface area contributed by atoms with Gasteiger partial charge in [0.05, 0.1) is 0 Å². The summed E-state index contributed by atoms with van der Waals surface area (Å²) < 4.78 is 29.3. The summed E-state index contributed by atoms with van der Waals surface area (Å²) in [7, 11) is -1.71. The second-order valence-electron chi connectivity index (χ2n) is 7.16. The van der Waals surface area contributed by atoms with Gasteiger partial charge in [-0.1, -0.05) is 37.3 Å². The van der Waals surface area contributed by atoms with Crippen molar-refractivity contribution in [2.24, 2.45) is 5.92 Å². The number of hydrogen-bond acceptors (Lipinski definition) is 3. The molecule has 0 N–H and O–H groups in total. The van der Waals surface area contributed by atoms with E-state index in [1.807, 2.05) is 30.3 Å². The van der Waals surface area contributed by atoms with Crippen molar-refractivity contribution < 1.29 is 8.42 Å². The predicted molar refractivity (Wildman–Crippen MR) is 96.8 cm³/mol. The van der Waals surface area contributed by atoms with Gasteiger partial charge in [-0.25, -0.2) is 0 Å². The molecule has 1 aromatic carbocycles. The van der Waals surface area contributed by atoms with E-state index in [-0.39, 0.29) is 0 Å². The van der Waals surface area contributed by atoms with Gasteiger partial charge in [0, 0.05) is 39.3 Å². The molecule has 3 aliphatic heterocycles. The summed E-state index contributed by atoms with van der Waals surface area (Å²) in [5, 5.41) is 0. The van der Waals surface area contributed by atoms with Crippen LogP contribution in [0.3, 0.4) is 0 Å². The Morgan fingerprint density at radius 3 is 2.58 bits per heavy atom. The van der Waals surface area contributed by atoms with Gasteiger partial charge in [0.2, 0.25) is 0 Å². The van der Waals surface area contributed by atoms with Crippen LogP contribution in [-0.2, 0) is 16.8 Å². The number of hydrogen-bond donors (Lipinski definition) is 0. The Hall–Kier alpha value is -0.950. The highest BCUT2D eigenvalue weighted by molar-refractivity contribution is 7.86. The smallest absolute Gasteiger partial charge is 0.282 e. The van der Waals surface area contributed by atoms with E-state index in [1.165, 1.54) is 4.31 Å². The number of benzene rings is 1. The van der Waals surface area contributed by atoms with Crippen molar-refractivity contribution in [1.29, 1.82) is 0 Å². The molecule has 2 bridgehead atoms. The number of rotatable bonds is 6. The quantitative estimate of drug-likeness (QED) is 0.789. The molecule has 3 saturated heterocycles. The molecule has 0 aromatic heterocycles. The summed E-state index contributed by atoms with van der Waals surface area (Å²) in [6, 6.07) is 10.2. The predicted octanol–water partition coefficient (Wildman–Crippen LogP) is 2.17. The maximum Gasteiger partial charge on any atom is 0.282 e. The first-order valence-corrected chi connectivity index (χ1v) is 10.4. The number of nitrogens with zero attached hydrogens (tertiary/aromatic N) is 3. The lowest BCUT2D eigenvalue weighted by molar-refractivity contribution is 0.133. The molecule has 3 aliphatic rings. The maximum atomic E-state index is 13.1. The van der Waals surface area contributed by atoms with Crippen LogP contribution in [0.15, 0.2) is 30.3 Å². The average Bonchev–Trinajstić information content (AvgIpc) is 2.88.